The van der Waals surface area contributed by atoms with E-state index in [9.17, 15) is 15.0 Å². The first-order chi connectivity index (χ1) is 12.5. The molecule has 2 aromatic carbocycles. The molecule has 26 heavy (non-hydrogen) atoms. The molecule has 1 saturated heterocycles. The van der Waals surface area contributed by atoms with Crippen molar-refractivity contribution < 1.29 is 29.2 Å². The van der Waals surface area contributed by atoms with Gasteiger partial charge in [-0.05, 0) is 47.4 Å². The molecular formula is C20H20O6. The van der Waals surface area contributed by atoms with Crippen molar-refractivity contribution in [1.29, 1.82) is 0 Å². The number of benzene rings is 2. The number of carbonyl (C=O) groups is 1. The number of methoxy groups -OCH3 is 2. The van der Waals surface area contributed by atoms with E-state index in [4.69, 9.17) is 14.2 Å². The quantitative estimate of drug-likeness (QED) is 0.823. The molecule has 136 valence electrons. The van der Waals surface area contributed by atoms with Crippen LogP contribution in [0.2, 0.25) is 0 Å². The third kappa shape index (κ3) is 2.44. The van der Waals surface area contributed by atoms with Crippen molar-refractivity contribution in [1.82, 2.24) is 0 Å². The van der Waals surface area contributed by atoms with E-state index in [1.807, 2.05) is 6.07 Å². The van der Waals surface area contributed by atoms with Crippen LogP contribution in [0, 0.1) is 11.8 Å². The van der Waals surface area contributed by atoms with Crippen molar-refractivity contribution >= 4 is 5.97 Å². The molecule has 1 heterocycles. The molecule has 0 bridgehead atoms. The van der Waals surface area contributed by atoms with Gasteiger partial charge in [-0.2, -0.15) is 0 Å². The van der Waals surface area contributed by atoms with Crippen molar-refractivity contribution in [3.8, 4) is 23.0 Å². The monoisotopic (exact) mass is 356 g/mol. The SMILES string of the molecule is COc1cc([C@H]2c3cc(O)c(OC)cc3C[C@@H]3C(=O)OC[C@@H]23)ccc1O. The molecule has 0 amide bonds. The van der Waals surface area contributed by atoms with Gasteiger partial charge in [-0.1, -0.05) is 6.07 Å². The summed E-state index contributed by atoms with van der Waals surface area (Å²) in [7, 11) is 2.99. The predicted octanol–water partition coefficient (Wildman–Crippen LogP) is 2.59. The third-order valence-corrected chi connectivity index (χ3v) is 5.44. The zero-order chi connectivity index (χ0) is 18.4. The van der Waals surface area contributed by atoms with Gasteiger partial charge in [0.25, 0.3) is 0 Å². The van der Waals surface area contributed by atoms with Gasteiger partial charge in [0.05, 0.1) is 26.7 Å². The summed E-state index contributed by atoms with van der Waals surface area (Å²) in [6.45, 7) is 0.337. The van der Waals surface area contributed by atoms with E-state index >= 15 is 0 Å². The maximum atomic E-state index is 12.2. The van der Waals surface area contributed by atoms with Crippen LogP contribution in [0.3, 0.4) is 0 Å². The number of phenols is 2. The summed E-state index contributed by atoms with van der Waals surface area (Å²) in [6.07, 6.45) is 0.557. The van der Waals surface area contributed by atoms with Gasteiger partial charge in [-0.15, -0.1) is 0 Å². The molecule has 1 fully saturated rings. The molecule has 2 aliphatic rings. The molecule has 6 nitrogen and oxygen atoms in total. The second-order valence-corrected chi connectivity index (χ2v) is 6.74. The summed E-state index contributed by atoms with van der Waals surface area (Å²) < 4.78 is 15.8. The molecule has 3 atom stereocenters. The molecule has 0 unspecified atom stereocenters. The van der Waals surface area contributed by atoms with Gasteiger partial charge in [0, 0.05) is 11.8 Å². The topological polar surface area (TPSA) is 85.2 Å². The highest BCUT2D eigenvalue weighted by Crippen LogP contribution is 2.50. The highest BCUT2D eigenvalue weighted by atomic mass is 16.5. The minimum atomic E-state index is -0.235. The van der Waals surface area contributed by atoms with Crippen LogP contribution in [0.4, 0.5) is 0 Å². The maximum absolute atomic E-state index is 12.2. The van der Waals surface area contributed by atoms with E-state index in [0.29, 0.717) is 24.5 Å². The Kier molecular flexibility index (Phi) is 3.90. The average Bonchev–Trinajstić information content (AvgIpc) is 3.00. The number of hydrogen-bond donors (Lipinski definition) is 2. The second-order valence-electron chi connectivity index (χ2n) is 6.74. The lowest BCUT2D eigenvalue weighted by Crippen LogP contribution is -2.31. The number of aromatic hydroxyl groups is 2. The van der Waals surface area contributed by atoms with E-state index < -0.39 is 0 Å². The number of phenolic OH excluding ortho intramolecular Hbond substituents is 2. The fourth-order valence-corrected chi connectivity index (χ4v) is 4.18. The molecular weight excluding hydrogens is 336 g/mol. The van der Waals surface area contributed by atoms with Crippen molar-refractivity contribution in [3.05, 3.63) is 47.0 Å². The smallest absolute Gasteiger partial charge is 0.309 e. The number of cyclic esters (lactones) is 1. The highest BCUT2D eigenvalue weighted by molar-refractivity contribution is 5.77. The zero-order valence-corrected chi connectivity index (χ0v) is 14.6. The lowest BCUT2D eigenvalue weighted by molar-refractivity contribution is -0.141. The standard InChI is InChI=1S/C20H20O6/c1-24-17-6-10(3-4-15(17)21)19-12-8-16(22)18(25-2)7-11(12)5-13-14(19)9-26-20(13)23/h3-4,6-8,13-14,19,21-22H,5,9H2,1-2H3/t13-,14+,19-/m0/s1. The Hall–Kier alpha value is -2.89. The Labute approximate surface area is 150 Å². The van der Waals surface area contributed by atoms with Crippen molar-refractivity contribution in [2.24, 2.45) is 11.8 Å². The van der Waals surface area contributed by atoms with Crippen LogP contribution in [0.25, 0.3) is 0 Å². The van der Waals surface area contributed by atoms with Crippen LogP contribution >= 0.6 is 0 Å². The fourth-order valence-electron chi connectivity index (χ4n) is 4.18. The summed E-state index contributed by atoms with van der Waals surface area (Å²) in [4.78, 5) is 12.2. The fraction of sp³-hybridized carbons (Fsp3) is 0.350. The Bertz CT molecular complexity index is 875. The zero-order valence-electron chi connectivity index (χ0n) is 14.6. The van der Waals surface area contributed by atoms with Crippen LogP contribution in [-0.2, 0) is 16.0 Å². The van der Waals surface area contributed by atoms with E-state index in [2.05, 4.69) is 0 Å². The highest BCUT2D eigenvalue weighted by Gasteiger charge is 2.47. The van der Waals surface area contributed by atoms with Crippen LogP contribution in [0.15, 0.2) is 30.3 Å². The maximum Gasteiger partial charge on any atom is 0.309 e. The van der Waals surface area contributed by atoms with E-state index in [0.717, 1.165) is 16.7 Å². The minimum Gasteiger partial charge on any atom is -0.504 e. The summed E-state index contributed by atoms with van der Waals surface area (Å²) in [6, 6.07) is 8.67. The van der Waals surface area contributed by atoms with Crippen LogP contribution in [-0.4, -0.2) is 37.0 Å². The number of hydrogen-bond acceptors (Lipinski definition) is 6. The first kappa shape index (κ1) is 16.6. The van der Waals surface area contributed by atoms with Gasteiger partial charge in [0.1, 0.15) is 0 Å². The molecule has 0 saturated carbocycles. The van der Waals surface area contributed by atoms with E-state index in [-0.39, 0.29) is 35.2 Å². The number of ether oxygens (including phenoxy) is 3. The lowest BCUT2D eigenvalue weighted by atomic mass is 9.67. The van der Waals surface area contributed by atoms with Gasteiger partial charge >= 0.3 is 5.97 Å². The van der Waals surface area contributed by atoms with Crippen LogP contribution < -0.4 is 9.47 Å². The molecule has 0 spiro atoms. The third-order valence-electron chi connectivity index (χ3n) is 5.44. The first-order valence-electron chi connectivity index (χ1n) is 8.46. The van der Waals surface area contributed by atoms with Crippen molar-refractivity contribution in [3.63, 3.8) is 0 Å². The molecule has 1 aliphatic carbocycles. The Morgan fingerprint density at radius 1 is 1.04 bits per heavy atom. The largest absolute Gasteiger partial charge is 0.504 e. The summed E-state index contributed by atoms with van der Waals surface area (Å²) in [5, 5.41) is 20.2. The summed E-state index contributed by atoms with van der Waals surface area (Å²) >= 11 is 0. The van der Waals surface area contributed by atoms with Gasteiger partial charge in [0.15, 0.2) is 23.0 Å². The van der Waals surface area contributed by atoms with Gasteiger partial charge in [-0.3, -0.25) is 4.79 Å². The molecule has 1 aliphatic heterocycles. The van der Waals surface area contributed by atoms with Crippen molar-refractivity contribution in [2.45, 2.75) is 12.3 Å². The second kappa shape index (κ2) is 6.12. The van der Waals surface area contributed by atoms with E-state index in [1.54, 1.807) is 24.3 Å². The average molecular weight is 356 g/mol. The molecule has 0 aromatic heterocycles. The van der Waals surface area contributed by atoms with Crippen molar-refractivity contribution in [2.75, 3.05) is 20.8 Å². The molecule has 4 rings (SSSR count). The minimum absolute atomic E-state index is 0.0305. The number of carbonyl (C=O) groups excluding carboxylic acids is 1. The summed E-state index contributed by atoms with van der Waals surface area (Å²) in [5.74, 6) is 0.263. The molecule has 6 heteroatoms. The Morgan fingerprint density at radius 3 is 2.50 bits per heavy atom. The molecule has 0 radical (unpaired) electrons. The normalized spacial score (nSPS) is 23.8. The Morgan fingerprint density at radius 2 is 1.77 bits per heavy atom. The summed E-state index contributed by atoms with van der Waals surface area (Å²) in [5.41, 5.74) is 2.80. The first-order valence-corrected chi connectivity index (χ1v) is 8.46. The number of rotatable bonds is 3. The van der Waals surface area contributed by atoms with Gasteiger partial charge in [-0.25, -0.2) is 0 Å². The number of esters is 1. The molecule has 2 aromatic rings. The molecule has 2 N–H and O–H groups in total. The van der Waals surface area contributed by atoms with Gasteiger partial charge < -0.3 is 24.4 Å². The van der Waals surface area contributed by atoms with Crippen LogP contribution in [0.5, 0.6) is 23.0 Å². The van der Waals surface area contributed by atoms with E-state index in [1.165, 1.54) is 14.2 Å². The number of fused-ring (bicyclic) bond motifs is 2. The predicted molar refractivity (Wildman–Crippen MR) is 92.8 cm³/mol. The Balaban J connectivity index is 1.89. The lowest BCUT2D eigenvalue weighted by Gasteiger charge is -2.34. The van der Waals surface area contributed by atoms with Crippen LogP contribution in [0.1, 0.15) is 22.6 Å². The van der Waals surface area contributed by atoms with Gasteiger partial charge in [0.2, 0.25) is 0 Å².